The van der Waals surface area contributed by atoms with Crippen LogP contribution >= 0.6 is 35.3 Å². The third kappa shape index (κ3) is 30.4. The Kier molecular flexibility index (Phi) is 38.1. The van der Waals surface area contributed by atoms with E-state index in [0.717, 1.165) is 23.8 Å². The molecule has 11 atom stereocenters. The molecular weight excluding hydrogens is 1460 g/mol. The average molecular weight is 1570 g/mol. The van der Waals surface area contributed by atoms with E-state index in [1.54, 1.807) is 62.3 Å². The Morgan fingerprint density at radius 3 is 1.98 bits per heavy atom. The molecule has 2 aliphatic rings. The number of amides is 12. The van der Waals surface area contributed by atoms with Crippen molar-refractivity contribution in [2.24, 2.45) is 28.3 Å². The molecular formula is C70H103N17O18S3. The number of rotatable bonds is 22. The van der Waals surface area contributed by atoms with Gasteiger partial charge < -0.3 is 100 Å². The van der Waals surface area contributed by atoms with Crippen molar-refractivity contribution in [1.82, 2.24) is 63.1 Å². The minimum atomic E-state index is -1.91. The molecule has 1 fully saturated rings. The van der Waals surface area contributed by atoms with Crippen LogP contribution in [0.5, 0.6) is 5.75 Å². The highest BCUT2D eigenvalue weighted by Gasteiger charge is 2.41. The number of nitrogens with zero attached hydrogens (tertiary/aromatic N) is 2. The van der Waals surface area contributed by atoms with E-state index in [4.69, 9.17) is 32.2 Å². The lowest BCUT2D eigenvalue weighted by atomic mass is 9.96. The van der Waals surface area contributed by atoms with E-state index in [1.165, 1.54) is 35.3 Å². The van der Waals surface area contributed by atoms with E-state index in [0.29, 0.717) is 66.0 Å². The van der Waals surface area contributed by atoms with Gasteiger partial charge in [-0.15, -0.1) is 0 Å². The van der Waals surface area contributed by atoms with Crippen LogP contribution in [0.25, 0.3) is 10.9 Å². The van der Waals surface area contributed by atoms with Gasteiger partial charge in [-0.25, -0.2) is 0 Å². The second-order valence-electron chi connectivity index (χ2n) is 26.2. The number of H-pyrrole nitrogens is 1. The summed E-state index contributed by atoms with van der Waals surface area (Å²) in [5.41, 5.74) is 19.7. The average Bonchev–Trinajstić information content (AvgIpc) is 1.66. The summed E-state index contributed by atoms with van der Waals surface area (Å²) in [4.78, 5) is 203. The first-order chi connectivity index (χ1) is 51.5. The highest BCUT2D eigenvalue weighted by molar-refractivity contribution is 7.98. The minimum Gasteiger partial charge on any atom is -0.494 e. The second kappa shape index (κ2) is 46.4. The number of aromatic amines is 1. The number of carbonyl (C=O) groups excluding carboxylic acids is 12. The van der Waals surface area contributed by atoms with Crippen LogP contribution in [0.1, 0.15) is 134 Å². The highest BCUT2D eigenvalue weighted by Crippen LogP contribution is 2.26. The van der Waals surface area contributed by atoms with Gasteiger partial charge in [0.25, 0.3) is 5.91 Å². The third-order valence-corrected chi connectivity index (χ3v) is 20.1. The number of primary amides is 2. The molecule has 0 radical (unpaired) electrons. The van der Waals surface area contributed by atoms with E-state index in [1.807, 2.05) is 24.5 Å². The Morgan fingerprint density at radius 1 is 0.704 bits per heavy atom. The Bertz CT molecular complexity index is 3660. The van der Waals surface area contributed by atoms with Crippen LogP contribution in [-0.2, 0) is 89.9 Å². The fraction of sp³-hybridized carbons (Fsp3) is 0.571. The van der Waals surface area contributed by atoms with Crippen molar-refractivity contribution in [2.75, 3.05) is 50.3 Å². The zero-order valence-electron chi connectivity index (χ0n) is 61.3. The number of para-hydroxylation sites is 1. The minimum absolute atomic E-state index is 0.0134. The molecule has 2 aliphatic heterocycles. The van der Waals surface area contributed by atoms with E-state index in [2.05, 4.69) is 63.3 Å². The number of nitrogens with one attached hydrogen (secondary N) is 12. The smallest absolute Gasteiger partial charge is 0.305 e. The molecule has 0 aliphatic carbocycles. The number of thioether (sulfide) groups is 3. The van der Waals surface area contributed by atoms with Crippen molar-refractivity contribution >= 4 is 141 Å². The Morgan fingerprint density at radius 2 is 1.32 bits per heavy atom. The van der Waals surface area contributed by atoms with Gasteiger partial charge >= 0.3 is 11.9 Å². The number of oxime groups is 1. The maximum absolute atomic E-state index is 14.9. The standard InChI is InChI=1S/C70H103N17O18S3/c1-6-39(2)59-68(102)84-51(32-43-34-76-46-16-10-9-15-45(43)46)65(99)81-48(19-21-55(71)88)62(96)80-49(20-22-57(90)91)63(97)85-53(60(72)94)38-108-37-42-29-41(36-107-5)30-44(31-42)104-26-11-7-8-12-27-105-77-35-56(89)79-47(17-13-24-75-70(73)74)61(95)78-40(3)69(103)87-25-14-18-54(87)67(101)82-50(23-28-106-4)64(98)83-52(33-58(92)93)66(100)86-59/h9-10,15-16,29-31,34-35,39-40,47-54,59,76H,6-8,11-14,17-28,32-33,36-38H2,1-5H3,(H2,71,88)(H2,72,94)(H,78,95)(H,79,89)(H,80,96)(H,81,99)(H,82,101)(H,83,98)(H,84,102)(H,85,97)(H,86,100)(H,90,91)(H,92,93)(H4,73,74,75)/b77-35+/t39-,40-,47-,48-,49-,50-,51-,52-,53-,54-,59-/m0/s1. The third-order valence-electron chi connectivity index (χ3n) is 17.8. The number of ether oxygens (including phenoxy) is 1. The molecule has 0 spiro atoms. The number of guanidine groups is 1. The number of aliphatic carboxylic acids is 2. The van der Waals surface area contributed by atoms with Crippen molar-refractivity contribution in [3.8, 4) is 5.75 Å². The molecule has 35 nitrogen and oxygen atoms in total. The molecule has 2 aromatic carbocycles. The fourth-order valence-electron chi connectivity index (χ4n) is 11.8. The van der Waals surface area contributed by atoms with E-state index in [9.17, 15) is 77.3 Å². The van der Waals surface area contributed by atoms with Crippen molar-refractivity contribution in [3.63, 3.8) is 0 Å². The van der Waals surface area contributed by atoms with Gasteiger partial charge in [-0.3, -0.25) is 72.5 Å². The highest BCUT2D eigenvalue weighted by atomic mass is 32.2. The van der Waals surface area contributed by atoms with Crippen molar-refractivity contribution < 1.29 is 86.9 Å². The molecule has 3 aromatic rings. The number of hydrogen-bond donors (Lipinski definition) is 17. The lowest BCUT2D eigenvalue weighted by Crippen LogP contribution is -2.61. The molecule has 594 valence electrons. The summed E-state index contributed by atoms with van der Waals surface area (Å²) in [6.45, 7) is 5.36. The topological polar surface area (TPSA) is 551 Å². The van der Waals surface area contributed by atoms with E-state index < -0.39 is 181 Å². The van der Waals surface area contributed by atoms with Gasteiger partial charge in [0.1, 0.15) is 79.0 Å². The molecule has 12 amide bonds. The van der Waals surface area contributed by atoms with Gasteiger partial charge in [-0.05, 0) is 137 Å². The van der Waals surface area contributed by atoms with Crippen molar-refractivity contribution in [3.05, 3.63) is 65.4 Å². The number of carbonyl (C=O) groups is 14. The van der Waals surface area contributed by atoms with Gasteiger partial charge in [-0.2, -0.15) is 35.3 Å². The Balaban J connectivity index is 1.50. The summed E-state index contributed by atoms with van der Waals surface area (Å²) in [5, 5.41) is 57.5. The molecule has 38 heteroatoms. The largest absolute Gasteiger partial charge is 0.494 e. The van der Waals surface area contributed by atoms with Gasteiger partial charge in [0, 0.05) is 66.7 Å². The number of nitrogens with two attached hydrogens (primary N) is 3. The predicted octanol–water partition coefficient (Wildman–Crippen LogP) is -0.0111. The quantitative estimate of drug-likeness (QED) is 0.0357. The summed E-state index contributed by atoms with van der Waals surface area (Å²) in [7, 11) is 0. The number of hydrogen-bond acceptors (Lipinski definition) is 21. The molecule has 1 aromatic heterocycles. The maximum Gasteiger partial charge on any atom is 0.305 e. The summed E-state index contributed by atoms with van der Waals surface area (Å²) in [6, 6.07) is -2.35. The number of carboxylic acids is 2. The zero-order valence-corrected chi connectivity index (χ0v) is 63.7. The molecule has 20 N–H and O–H groups in total. The van der Waals surface area contributed by atoms with Gasteiger partial charge in [0.2, 0.25) is 65.0 Å². The SMILES string of the molecule is CC[C@H](C)[C@@H]1NC(=O)[C@H](CC(=O)O)NC(=O)[C@H](CCSC)NC(=O)[C@@H]2CCCN2C(=O)[C@H](C)NC(=O)[C@H](CCCNC(=N)N)NC(=O)/C=N/OCCCCCCOc2cc(CSC)cc(c2)CSC[C@@H](C(N)=O)NC(=O)[C@H](CCC(=O)O)NC(=O)[C@H](CCC(N)=O)NC(=O)[C@H](Cc2c[nH]c3ccccc23)NC1=O. The number of aromatic nitrogens is 1. The lowest BCUT2D eigenvalue weighted by molar-refractivity contribution is -0.143. The zero-order chi connectivity index (χ0) is 79.4. The lowest BCUT2D eigenvalue weighted by Gasteiger charge is -2.30. The van der Waals surface area contributed by atoms with Crippen LogP contribution < -0.4 is 75.1 Å². The van der Waals surface area contributed by atoms with Crippen LogP contribution in [0.3, 0.4) is 0 Å². The molecule has 1 saturated heterocycles. The fourth-order valence-corrected chi connectivity index (χ4v) is 13.8. The first-order valence-electron chi connectivity index (χ1n) is 35.7. The molecule has 0 saturated carbocycles. The van der Waals surface area contributed by atoms with Crippen LogP contribution in [0.15, 0.2) is 53.8 Å². The van der Waals surface area contributed by atoms with Crippen LogP contribution in [0.2, 0.25) is 0 Å². The Hall–Kier alpha value is -9.85. The van der Waals surface area contributed by atoms with Gasteiger partial charge in [0.05, 0.1) is 13.0 Å². The number of fused-ring (bicyclic) bond motifs is 4. The Labute approximate surface area is 638 Å². The van der Waals surface area contributed by atoms with E-state index in [-0.39, 0.29) is 75.7 Å². The normalized spacial score (nSPS) is 23.8. The van der Waals surface area contributed by atoms with Crippen LogP contribution in [-0.4, -0.2) is 226 Å². The molecule has 108 heavy (non-hydrogen) atoms. The first-order valence-corrected chi connectivity index (χ1v) is 39.6. The summed E-state index contributed by atoms with van der Waals surface area (Å²) in [5.74, 6) is -13.6. The summed E-state index contributed by atoms with van der Waals surface area (Å²) >= 11 is 4.11. The summed E-state index contributed by atoms with van der Waals surface area (Å²) in [6.07, 6.45) is 6.00. The maximum atomic E-state index is 14.9. The second-order valence-corrected chi connectivity index (χ2v) is 29.1. The molecule has 2 bridgehead atoms. The monoisotopic (exact) mass is 1570 g/mol. The first kappa shape index (κ1) is 88.8. The predicted molar refractivity (Wildman–Crippen MR) is 406 cm³/mol. The number of carboxylic acid groups (broad SMARTS) is 2. The summed E-state index contributed by atoms with van der Waals surface area (Å²) < 4.78 is 6.17. The van der Waals surface area contributed by atoms with Crippen LogP contribution in [0.4, 0.5) is 0 Å². The molecule has 5 rings (SSSR count). The van der Waals surface area contributed by atoms with Crippen molar-refractivity contribution in [1.29, 1.82) is 5.41 Å². The van der Waals surface area contributed by atoms with Crippen molar-refractivity contribution in [2.45, 2.75) is 195 Å². The van der Waals surface area contributed by atoms with E-state index >= 15 is 0 Å². The van der Waals surface area contributed by atoms with Gasteiger partial charge in [0.15, 0.2) is 5.96 Å². The van der Waals surface area contributed by atoms with Gasteiger partial charge in [-0.1, -0.05) is 49.7 Å². The molecule has 3 heterocycles. The number of benzene rings is 2. The van der Waals surface area contributed by atoms with Crippen LogP contribution in [0, 0.1) is 11.3 Å². The molecule has 0 unspecified atom stereocenters.